The van der Waals surface area contributed by atoms with Crippen LogP contribution in [0, 0.1) is 6.92 Å². The van der Waals surface area contributed by atoms with Crippen molar-refractivity contribution in [3.63, 3.8) is 0 Å². The summed E-state index contributed by atoms with van der Waals surface area (Å²) in [6.07, 6.45) is 4.39. The van der Waals surface area contributed by atoms with Gasteiger partial charge in [0.2, 0.25) is 0 Å². The molecule has 5 N–H and O–H groups in total. The lowest BCUT2D eigenvalue weighted by Crippen LogP contribution is -2.37. The molecule has 174 valence electrons. The summed E-state index contributed by atoms with van der Waals surface area (Å²) in [5.74, 6) is 1.39. The first-order valence-electron chi connectivity index (χ1n) is 10.8. The number of aryl methyl sites for hydroxylation is 1. The molecule has 2 aromatic heterocycles. The number of anilines is 2. The highest BCUT2D eigenvalue weighted by atomic mass is 32.2. The maximum atomic E-state index is 12.5. The zero-order valence-corrected chi connectivity index (χ0v) is 19.8. The van der Waals surface area contributed by atoms with E-state index in [2.05, 4.69) is 25.2 Å². The lowest BCUT2D eigenvalue weighted by molar-refractivity contribution is 0.102. The predicted octanol–water partition coefficient (Wildman–Crippen LogP) is 3.64. The molecule has 0 atom stereocenters. The molecule has 1 aliphatic heterocycles. The van der Waals surface area contributed by atoms with Crippen molar-refractivity contribution in [3.8, 4) is 0 Å². The minimum absolute atomic E-state index is 0.196. The van der Waals surface area contributed by atoms with Crippen LogP contribution >= 0.6 is 11.8 Å². The average molecular weight is 475 g/mol. The number of nitrogens with zero attached hydrogens (tertiary/aromatic N) is 5. The van der Waals surface area contributed by atoms with Crippen LogP contribution in [0.25, 0.3) is 0 Å². The van der Waals surface area contributed by atoms with Crippen LogP contribution in [0.5, 0.6) is 0 Å². The molecule has 1 aliphatic rings. The number of benzene rings is 1. The molecule has 1 fully saturated rings. The molecule has 0 saturated carbocycles. The van der Waals surface area contributed by atoms with E-state index < -0.39 is 0 Å². The van der Waals surface area contributed by atoms with Crippen LogP contribution in [0.3, 0.4) is 0 Å². The molecule has 4 rings (SSSR count). The second kappa shape index (κ2) is 10.3. The van der Waals surface area contributed by atoms with Gasteiger partial charge in [0, 0.05) is 47.3 Å². The van der Waals surface area contributed by atoms with Crippen LogP contribution in [0.1, 0.15) is 29.4 Å². The van der Waals surface area contributed by atoms with Gasteiger partial charge in [0.25, 0.3) is 5.91 Å². The first-order chi connectivity index (χ1) is 16.4. The van der Waals surface area contributed by atoms with E-state index in [4.69, 9.17) is 16.5 Å². The first kappa shape index (κ1) is 23.2. The fourth-order valence-corrected chi connectivity index (χ4v) is 4.00. The maximum Gasteiger partial charge on any atom is 0.257 e. The minimum atomic E-state index is -0.196. The third-order valence-corrected chi connectivity index (χ3v) is 5.92. The SMILES string of the molecule is CC(N)=CC(N)=Nc1cc(N2CCC2)nc(Sc2ccc(NC(=O)c3cccnc3C)cc2)n1. The van der Waals surface area contributed by atoms with Crippen molar-refractivity contribution < 1.29 is 4.79 Å². The van der Waals surface area contributed by atoms with Crippen molar-refractivity contribution >= 4 is 40.8 Å². The summed E-state index contributed by atoms with van der Waals surface area (Å²) < 4.78 is 0. The van der Waals surface area contributed by atoms with Gasteiger partial charge in [-0.05, 0) is 74.5 Å². The van der Waals surface area contributed by atoms with Crippen LogP contribution < -0.4 is 21.7 Å². The number of nitrogens with one attached hydrogen (secondary N) is 1. The van der Waals surface area contributed by atoms with Gasteiger partial charge in [-0.25, -0.2) is 15.0 Å². The average Bonchev–Trinajstić information content (AvgIpc) is 2.73. The Kier molecular flexibility index (Phi) is 7.07. The molecule has 0 unspecified atom stereocenters. The molecule has 0 aliphatic carbocycles. The van der Waals surface area contributed by atoms with Gasteiger partial charge in [0.05, 0.1) is 5.56 Å². The van der Waals surface area contributed by atoms with Gasteiger partial charge >= 0.3 is 0 Å². The third-order valence-electron chi connectivity index (χ3n) is 5.05. The molecule has 9 nitrogen and oxygen atoms in total. The largest absolute Gasteiger partial charge is 0.402 e. The highest BCUT2D eigenvalue weighted by molar-refractivity contribution is 7.99. The summed E-state index contributed by atoms with van der Waals surface area (Å²) in [6, 6.07) is 12.8. The van der Waals surface area contributed by atoms with Gasteiger partial charge < -0.3 is 21.7 Å². The van der Waals surface area contributed by atoms with Crippen LogP contribution in [-0.2, 0) is 0 Å². The summed E-state index contributed by atoms with van der Waals surface area (Å²) in [5, 5.41) is 3.46. The number of rotatable bonds is 7. The Hall–Kier alpha value is -3.92. The summed E-state index contributed by atoms with van der Waals surface area (Å²) in [6.45, 7) is 5.46. The Morgan fingerprint density at radius 2 is 1.94 bits per heavy atom. The van der Waals surface area contributed by atoms with Crippen molar-refractivity contribution in [3.05, 3.63) is 71.7 Å². The van der Waals surface area contributed by atoms with E-state index in [1.807, 2.05) is 37.3 Å². The van der Waals surface area contributed by atoms with Gasteiger partial charge in [-0.3, -0.25) is 9.78 Å². The molecule has 34 heavy (non-hydrogen) atoms. The van der Waals surface area contributed by atoms with E-state index in [1.165, 1.54) is 11.8 Å². The van der Waals surface area contributed by atoms with Crippen molar-refractivity contribution in [2.45, 2.75) is 30.3 Å². The second-order valence-corrected chi connectivity index (χ2v) is 8.89. The Bertz CT molecular complexity index is 1250. The molecular weight excluding hydrogens is 448 g/mol. The van der Waals surface area contributed by atoms with Gasteiger partial charge in [-0.1, -0.05) is 0 Å². The Morgan fingerprint density at radius 1 is 1.18 bits per heavy atom. The quantitative estimate of drug-likeness (QED) is 0.268. The molecule has 0 bridgehead atoms. The lowest BCUT2D eigenvalue weighted by atomic mass is 10.2. The molecule has 1 saturated heterocycles. The molecule has 3 aromatic rings. The van der Waals surface area contributed by atoms with Gasteiger partial charge in [0.15, 0.2) is 11.0 Å². The number of aliphatic imine (C=N–C) groups is 1. The number of hydrogen-bond acceptors (Lipinski definition) is 8. The first-order valence-corrected chi connectivity index (χ1v) is 11.6. The number of carbonyl (C=O) groups excluding carboxylic acids is 1. The summed E-state index contributed by atoms with van der Waals surface area (Å²) in [5.41, 5.74) is 14.1. The Morgan fingerprint density at radius 3 is 2.59 bits per heavy atom. The lowest BCUT2D eigenvalue weighted by Gasteiger charge is -2.32. The topological polar surface area (TPSA) is 135 Å². The number of aromatic nitrogens is 3. The summed E-state index contributed by atoms with van der Waals surface area (Å²) in [4.78, 5) is 33.4. The van der Waals surface area contributed by atoms with Crippen molar-refractivity contribution in [1.82, 2.24) is 15.0 Å². The number of amides is 1. The molecule has 10 heteroatoms. The standard InChI is InChI=1S/C24H26N8OS/c1-15(25)13-20(26)29-21-14-22(32-11-4-12-32)31-24(30-21)34-18-8-6-17(7-9-18)28-23(33)19-5-3-10-27-16(19)2/h3,5-10,13-14H,4,11-12,25H2,1-2H3,(H,28,33)(H2,26,29,30,31). The summed E-state index contributed by atoms with van der Waals surface area (Å²) in [7, 11) is 0. The normalized spacial score (nSPS) is 14.0. The van der Waals surface area contributed by atoms with E-state index in [0.717, 1.165) is 30.2 Å². The fraction of sp³-hybridized carbons (Fsp3) is 0.208. The van der Waals surface area contributed by atoms with E-state index in [1.54, 1.807) is 31.3 Å². The molecular formula is C24H26N8OS. The fourth-order valence-electron chi connectivity index (χ4n) is 3.24. The molecule has 1 amide bonds. The number of carbonyl (C=O) groups is 1. The van der Waals surface area contributed by atoms with Gasteiger partial charge in [0.1, 0.15) is 11.7 Å². The molecule has 0 spiro atoms. The van der Waals surface area contributed by atoms with E-state index in [0.29, 0.717) is 33.6 Å². The number of hydrogen-bond donors (Lipinski definition) is 3. The minimum Gasteiger partial charge on any atom is -0.402 e. The van der Waals surface area contributed by atoms with Crippen LogP contribution in [0.4, 0.5) is 17.3 Å². The molecule has 3 heterocycles. The summed E-state index contributed by atoms with van der Waals surface area (Å²) >= 11 is 1.41. The third kappa shape index (κ3) is 5.90. The zero-order chi connectivity index (χ0) is 24.1. The van der Waals surface area contributed by atoms with Gasteiger partial charge in [-0.15, -0.1) is 0 Å². The smallest absolute Gasteiger partial charge is 0.257 e. The molecule has 1 aromatic carbocycles. The maximum absolute atomic E-state index is 12.5. The number of nitrogens with two attached hydrogens (primary N) is 2. The monoisotopic (exact) mass is 474 g/mol. The van der Waals surface area contributed by atoms with Gasteiger partial charge in [-0.2, -0.15) is 0 Å². The van der Waals surface area contributed by atoms with Crippen molar-refractivity contribution in [1.29, 1.82) is 0 Å². The Labute approximate surface area is 202 Å². The molecule has 0 radical (unpaired) electrons. The van der Waals surface area contributed by atoms with Crippen molar-refractivity contribution in [2.75, 3.05) is 23.3 Å². The Balaban J connectivity index is 1.51. The van der Waals surface area contributed by atoms with E-state index in [9.17, 15) is 4.79 Å². The number of allylic oxidation sites excluding steroid dienone is 1. The number of amidine groups is 1. The number of pyridine rings is 1. The second-order valence-electron chi connectivity index (χ2n) is 7.85. The zero-order valence-electron chi connectivity index (χ0n) is 19.0. The van der Waals surface area contributed by atoms with Crippen molar-refractivity contribution in [2.24, 2.45) is 16.5 Å². The van der Waals surface area contributed by atoms with Crippen LogP contribution in [-0.4, -0.2) is 39.8 Å². The highest BCUT2D eigenvalue weighted by Gasteiger charge is 2.18. The van der Waals surface area contributed by atoms with Crippen LogP contribution in [0.15, 0.2) is 75.5 Å². The highest BCUT2D eigenvalue weighted by Crippen LogP contribution is 2.31. The van der Waals surface area contributed by atoms with E-state index in [-0.39, 0.29) is 11.7 Å². The van der Waals surface area contributed by atoms with Crippen LogP contribution in [0.2, 0.25) is 0 Å². The predicted molar refractivity (Wildman–Crippen MR) is 136 cm³/mol. The van der Waals surface area contributed by atoms with E-state index >= 15 is 0 Å².